The minimum Gasteiger partial charge on any atom is -0.381 e. The molecular weight excluding hydrogens is 276 g/mol. The zero-order chi connectivity index (χ0) is 15.7. The van der Waals surface area contributed by atoms with Gasteiger partial charge in [-0.2, -0.15) is 0 Å². The van der Waals surface area contributed by atoms with Crippen molar-refractivity contribution in [3.63, 3.8) is 0 Å². The molecule has 0 bridgehead atoms. The van der Waals surface area contributed by atoms with Crippen molar-refractivity contribution in [3.8, 4) is 0 Å². The maximum atomic E-state index is 11.3. The number of rotatable bonds is 2. The molecule has 0 radical (unpaired) electrons. The molecule has 6 nitrogen and oxygen atoms in total. The Morgan fingerprint density at radius 2 is 1.38 bits per heavy atom. The molecule has 3 fully saturated rings. The van der Waals surface area contributed by atoms with E-state index < -0.39 is 35.0 Å². The molecule has 21 heavy (non-hydrogen) atoms. The average molecular weight is 302 g/mol. The summed E-state index contributed by atoms with van der Waals surface area (Å²) < 4.78 is 28.8. The predicted octanol–water partition coefficient (Wildman–Crippen LogP) is 1.20. The maximum absolute atomic E-state index is 11.3. The van der Waals surface area contributed by atoms with Crippen LogP contribution in [0.2, 0.25) is 0 Å². The van der Waals surface area contributed by atoms with Gasteiger partial charge in [-0.1, -0.05) is 0 Å². The lowest BCUT2D eigenvalue weighted by atomic mass is 9.69. The van der Waals surface area contributed by atoms with Crippen molar-refractivity contribution in [2.45, 2.75) is 82.6 Å². The Morgan fingerprint density at radius 3 is 1.81 bits per heavy atom. The molecule has 0 aliphatic carbocycles. The number of hydrogen-bond acceptors (Lipinski definition) is 6. The first-order valence-electron chi connectivity index (χ1n) is 7.51. The molecule has 0 aromatic heterocycles. The molecule has 3 rings (SSSR count). The molecule has 0 unspecified atom stereocenters. The molecule has 6 heteroatoms. The van der Waals surface area contributed by atoms with E-state index >= 15 is 0 Å². The van der Waals surface area contributed by atoms with Crippen LogP contribution in [0.3, 0.4) is 0 Å². The average Bonchev–Trinajstić information content (AvgIpc) is 2.88. The van der Waals surface area contributed by atoms with Crippen LogP contribution in [-0.2, 0) is 23.7 Å². The van der Waals surface area contributed by atoms with Crippen molar-refractivity contribution < 1.29 is 28.8 Å². The van der Waals surface area contributed by atoms with E-state index in [1.54, 1.807) is 0 Å². The van der Waals surface area contributed by atoms with Gasteiger partial charge in [-0.05, 0) is 41.5 Å². The van der Waals surface area contributed by atoms with Gasteiger partial charge in [0.1, 0.15) is 23.9 Å². The summed E-state index contributed by atoms with van der Waals surface area (Å²) in [5, 5.41) is 11.3. The summed E-state index contributed by atoms with van der Waals surface area (Å²) in [6.07, 6.45) is -1.25. The maximum Gasteiger partial charge on any atom is 0.163 e. The van der Waals surface area contributed by atoms with Crippen molar-refractivity contribution in [1.29, 1.82) is 0 Å². The molecule has 4 atom stereocenters. The molecule has 0 aromatic carbocycles. The Bertz CT molecular complexity index is 432. The van der Waals surface area contributed by atoms with Crippen molar-refractivity contribution >= 4 is 0 Å². The lowest BCUT2D eigenvalue weighted by Gasteiger charge is -2.60. The van der Waals surface area contributed by atoms with Crippen LogP contribution in [0, 0.1) is 0 Å². The Hall–Kier alpha value is -0.240. The molecule has 3 aliphatic heterocycles. The fourth-order valence-electron chi connectivity index (χ4n) is 3.48. The van der Waals surface area contributed by atoms with E-state index in [2.05, 4.69) is 0 Å². The van der Waals surface area contributed by atoms with Gasteiger partial charge in [0, 0.05) is 0 Å². The van der Waals surface area contributed by atoms with Gasteiger partial charge >= 0.3 is 0 Å². The van der Waals surface area contributed by atoms with Crippen LogP contribution in [0.4, 0.5) is 0 Å². The van der Waals surface area contributed by atoms with Crippen LogP contribution in [0.5, 0.6) is 0 Å². The predicted molar refractivity (Wildman–Crippen MR) is 73.7 cm³/mol. The Kier molecular flexibility index (Phi) is 3.28. The largest absolute Gasteiger partial charge is 0.381 e. The second-order valence-electron chi connectivity index (χ2n) is 7.56. The smallest absolute Gasteiger partial charge is 0.163 e. The van der Waals surface area contributed by atoms with Gasteiger partial charge in [0.25, 0.3) is 0 Å². The van der Waals surface area contributed by atoms with Crippen molar-refractivity contribution in [2.24, 2.45) is 0 Å². The molecular formula is C15H26O6. The molecule has 0 spiro atoms. The van der Waals surface area contributed by atoms with Crippen molar-refractivity contribution in [2.75, 3.05) is 13.2 Å². The van der Waals surface area contributed by atoms with Gasteiger partial charge in [-0.25, -0.2) is 0 Å². The lowest BCUT2D eigenvalue weighted by Crippen LogP contribution is -2.80. The van der Waals surface area contributed by atoms with E-state index in [9.17, 15) is 5.11 Å². The van der Waals surface area contributed by atoms with Gasteiger partial charge in [0.05, 0.1) is 18.8 Å². The minimum absolute atomic E-state index is 0.315. The first kappa shape index (κ1) is 15.6. The fourth-order valence-corrected chi connectivity index (χ4v) is 3.48. The highest BCUT2D eigenvalue weighted by molar-refractivity contribution is 5.18. The Morgan fingerprint density at radius 1 is 0.810 bits per heavy atom. The summed E-state index contributed by atoms with van der Waals surface area (Å²) in [4.78, 5) is 0. The second-order valence-corrected chi connectivity index (χ2v) is 7.56. The molecule has 0 amide bonds. The highest BCUT2D eigenvalue weighted by Gasteiger charge is 2.71. The molecule has 122 valence electrons. The molecule has 0 saturated carbocycles. The lowest BCUT2D eigenvalue weighted by molar-refractivity contribution is -0.386. The Labute approximate surface area is 125 Å². The van der Waals surface area contributed by atoms with Crippen LogP contribution in [0.15, 0.2) is 0 Å². The van der Waals surface area contributed by atoms with Crippen molar-refractivity contribution in [3.05, 3.63) is 0 Å². The summed E-state index contributed by atoms with van der Waals surface area (Å²) in [6.45, 7) is 11.9. The van der Waals surface area contributed by atoms with E-state index in [0.29, 0.717) is 13.2 Å². The molecule has 1 N–H and O–H groups in total. The summed E-state index contributed by atoms with van der Waals surface area (Å²) >= 11 is 0. The zero-order valence-electron chi connectivity index (χ0n) is 13.6. The first-order valence-corrected chi connectivity index (χ1v) is 7.51. The third kappa shape index (κ3) is 2.33. The van der Waals surface area contributed by atoms with Crippen LogP contribution in [-0.4, -0.2) is 59.4 Å². The first-order chi connectivity index (χ1) is 9.47. The molecule has 3 saturated heterocycles. The fraction of sp³-hybridized carbons (Fsp3) is 1.00. The van der Waals surface area contributed by atoms with E-state index in [1.165, 1.54) is 0 Å². The molecule has 3 aliphatic rings. The molecule has 0 aromatic rings. The third-order valence-electron chi connectivity index (χ3n) is 4.69. The zero-order valence-corrected chi connectivity index (χ0v) is 13.6. The van der Waals surface area contributed by atoms with Gasteiger partial charge < -0.3 is 28.8 Å². The van der Waals surface area contributed by atoms with Gasteiger partial charge in [-0.3, -0.25) is 0 Å². The quantitative estimate of drug-likeness (QED) is 0.827. The normalized spacial score (nSPS) is 47.3. The standard InChI is InChI=1S/C15H26O6/c1-12(2)15(16,10-8-18-14(5,6)20-10)11(21-12)9-7-17-13(3,4)19-9/h9-11,16H,7-8H2,1-6H3/t9-,10-,11-,15+/m1/s1. The highest BCUT2D eigenvalue weighted by Crippen LogP contribution is 2.51. The van der Waals surface area contributed by atoms with Crippen molar-refractivity contribution in [1.82, 2.24) is 0 Å². The number of ether oxygens (including phenoxy) is 5. The monoisotopic (exact) mass is 302 g/mol. The number of hydrogen-bond donors (Lipinski definition) is 1. The highest BCUT2D eigenvalue weighted by atomic mass is 16.8. The van der Waals surface area contributed by atoms with E-state index in [-0.39, 0.29) is 6.10 Å². The van der Waals surface area contributed by atoms with Gasteiger partial charge in [0.15, 0.2) is 11.6 Å². The summed E-state index contributed by atoms with van der Waals surface area (Å²) in [7, 11) is 0. The summed E-state index contributed by atoms with van der Waals surface area (Å²) in [5.41, 5.74) is -1.89. The minimum atomic E-state index is -1.17. The van der Waals surface area contributed by atoms with Gasteiger partial charge in [-0.15, -0.1) is 0 Å². The van der Waals surface area contributed by atoms with E-state index in [0.717, 1.165) is 0 Å². The number of aliphatic hydroxyl groups is 1. The van der Waals surface area contributed by atoms with Crippen LogP contribution >= 0.6 is 0 Å². The van der Waals surface area contributed by atoms with E-state index in [4.69, 9.17) is 23.7 Å². The van der Waals surface area contributed by atoms with Crippen LogP contribution in [0.1, 0.15) is 41.5 Å². The third-order valence-corrected chi connectivity index (χ3v) is 4.69. The SMILES string of the molecule is CC1(C)OC[C@H]([C@H]2OC(C)(C)[C@]2(O)[C@H]2COC(C)(C)O2)O1. The van der Waals surface area contributed by atoms with E-state index in [1.807, 2.05) is 41.5 Å². The second kappa shape index (κ2) is 4.40. The Balaban J connectivity index is 1.80. The van der Waals surface area contributed by atoms with Crippen LogP contribution < -0.4 is 0 Å². The summed E-state index contributed by atoms with van der Waals surface area (Å²) in [5.74, 6) is -1.34. The summed E-state index contributed by atoms with van der Waals surface area (Å²) in [6, 6.07) is 0. The van der Waals surface area contributed by atoms with Crippen LogP contribution in [0.25, 0.3) is 0 Å². The van der Waals surface area contributed by atoms with Gasteiger partial charge in [0.2, 0.25) is 0 Å². The topological polar surface area (TPSA) is 66.4 Å². The molecule has 3 heterocycles.